The molecule has 5 nitrogen and oxygen atoms in total. The Morgan fingerprint density at radius 1 is 1.00 bits per heavy atom. The van der Waals surface area contributed by atoms with Gasteiger partial charge in [-0.3, -0.25) is 0 Å². The van der Waals surface area contributed by atoms with Crippen LogP contribution in [0.4, 0.5) is 0 Å². The Hall–Kier alpha value is -0.0306. The zero-order chi connectivity index (χ0) is 9.00. The molecule has 0 heterocycles. The van der Waals surface area contributed by atoms with E-state index in [-0.39, 0.29) is 0 Å². The van der Waals surface area contributed by atoms with E-state index < -0.39 is 15.5 Å². The molecule has 0 aliphatic carbocycles. The summed E-state index contributed by atoms with van der Waals surface area (Å²) in [7, 11) is 8.50. The van der Waals surface area contributed by atoms with Crippen LogP contribution in [0.2, 0.25) is 0 Å². The van der Waals surface area contributed by atoms with Gasteiger partial charge in [0, 0.05) is 0 Å². The molecular weight excluding hydrogens is 224 g/mol. The SMILES string of the molecule is C[N+](C)(C)C.[O]=[Tc](=[O])(=[O])[O-]. The van der Waals surface area contributed by atoms with Gasteiger partial charge in [0.2, 0.25) is 0 Å². The van der Waals surface area contributed by atoms with Gasteiger partial charge in [0.1, 0.15) is 0 Å². The van der Waals surface area contributed by atoms with Crippen LogP contribution in [0.5, 0.6) is 0 Å². The molecule has 0 radical (unpaired) electrons. The van der Waals surface area contributed by atoms with E-state index in [4.69, 9.17) is 14.4 Å². The first kappa shape index (κ1) is 12.6. The van der Waals surface area contributed by atoms with Gasteiger partial charge in [-0.25, -0.2) is 0 Å². The fourth-order valence-electron chi connectivity index (χ4n) is 0. The van der Waals surface area contributed by atoms with Crippen molar-refractivity contribution in [2.45, 2.75) is 0 Å². The Morgan fingerprint density at radius 3 is 1.00 bits per heavy atom. The number of nitrogens with zero attached hydrogens (tertiary/aromatic N) is 1. The molecule has 0 spiro atoms. The van der Waals surface area contributed by atoms with Crippen molar-refractivity contribution < 1.29 is 34.4 Å². The molecule has 64 valence electrons. The summed E-state index contributed by atoms with van der Waals surface area (Å²) in [5.41, 5.74) is 0. The number of quaternary nitrogens is 1. The van der Waals surface area contributed by atoms with Crippen LogP contribution >= 0.6 is 0 Å². The summed E-state index contributed by atoms with van der Waals surface area (Å²) >= 11 is -5.94. The van der Waals surface area contributed by atoms with Gasteiger partial charge in [0.15, 0.2) is 0 Å². The minimum atomic E-state index is -5.94. The third-order valence-corrected chi connectivity index (χ3v) is 0. The van der Waals surface area contributed by atoms with E-state index in [0.29, 0.717) is 0 Å². The molecule has 0 aliphatic heterocycles. The molecule has 0 saturated carbocycles. The van der Waals surface area contributed by atoms with Crippen LogP contribution in [0.15, 0.2) is 0 Å². The standard InChI is InChI=1S/C4H12N.4O.Tc/c1-5(2,3)4;;;;;/h1-4H3;;;;;/q+1;;;;-1;. The molecule has 0 atom stereocenters. The van der Waals surface area contributed by atoms with E-state index in [0.717, 1.165) is 4.48 Å². The molecule has 0 aliphatic rings. The molecule has 6 heteroatoms. The van der Waals surface area contributed by atoms with Crippen molar-refractivity contribution in [3.63, 3.8) is 0 Å². The fourth-order valence-corrected chi connectivity index (χ4v) is 0. The first-order chi connectivity index (χ1) is 4.00. The molecular formula is C4H12NO4Tc. The molecule has 0 unspecified atom stereocenters. The summed E-state index contributed by atoms with van der Waals surface area (Å²) in [5.74, 6) is 0. The molecule has 0 fully saturated rings. The molecule has 0 amide bonds. The van der Waals surface area contributed by atoms with Gasteiger partial charge < -0.3 is 4.48 Å². The predicted octanol–water partition coefficient (Wildman–Crippen LogP) is -1.23. The van der Waals surface area contributed by atoms with E-state index in [9.17, 15) is 0 Å². The van der Waals surface area contributed by atoms with Gasteiger partial charge in [-0.15, -0.1) is 0 Å². The summed E-state index contributed by atoms with van der Waals surface area (Å²) in [4.78, 5) is 0. The van der Waals surface area contributed by atoms with Gasteiger partial charge in [0.05, 0.1) is 28.2 Å². The van der Waals surface area contributed by atoms with Crippen molar-refractivity contribution in [2.24, 2.45) is 0 Å². The Labute approximate surface area is 63.1 Å². The summed E-state index contributed by atoms with van der Waals surface area (Å²) in [5, 5.41) is 0. The second-order valence-corrected chi connectivity index (χ2v) is 4.92. The monoisotopic (exact) mass is 235 g/mol. The topological polar surface area (TPSA) is 74.3 Å². The number of hydrogen-bond acceptors (Lipinski definition) is 4. The molecule has 0 aromatic heterocycles. The minimum absolute atomic E-state index is 1.00. The Morgan fingerprint density at radius 2 is 1.00 bits per heavy atom. The van der Waals surface area contributed by atoms with E-state index in [2.05, 4.69) is 28.2 Å². The first-order valence-corrected chi connectivity index (χ1v) is 5.44. The van der Waals surface area contributed by atoms with E-state index in [1.165, 1.54) is 0 Å². The predicted molar refractivity (Wildman–Crippen MR) is 26.0 cm³/mol. The fraction of sp³-hybridized carbons (Fsp3) is 1.00. The van der Waals surface area contributed by atoms with Crippen molar-refractivity contribution in [1.29, 1.82) is 0 Å². The van der Waals surface area contributed by atoms with Crippen molar-refractivity contribution in [3.05, 3.63) is 0 Å². The van der Waals surface area contributed by atoms with Gasteiger partial charge >= 0.3 is 29.9 Å². The zero-order valence-corrected chi connectivity index (χ0v) is 8.32. The van der Waals surface area contributed by atoms with Gasteiger partial charge in [0.25, 0.3) is 0 Å². The van der Waals surface area contributed by atoms with E-state index in [1.807, 2.05) is 0 Å². The Bertz CT molecular complexity index is 195. The third-order valence-electron chi connectivity index (χ3n) is 0. The zero-order valence-electron chi connectivity index (χ0n) is 6.46. The number of rotatable bonds is 0. The van der Waals surface area contributed by atoms with Crippen LogP contribution in [-0.2, 0) is 26.0 Å². The average molecular weight is 236 g/mol. The van der Waals surface area contributed by atoms with Crippen molar-refractivity contribution >= 4 is 0 Å². The van der Waals surface area contributed by atoms with Crippen LogP contribution in [0, 0.1) is 0 Å². The van der Waals surface area contributed by atoms with Gasteiger partial charge in [-0.1, -0.05) is 0 Å². The average Bonchev–Trinajstić information content (AvgIpc) is 1.12. The maximum atomic E-state index is 8.62. The molecule has 0 N–H and O–H groups in total. The number of hydrogen-bond donors (Lipinski definition) is 0. The van der Waals surface area contributed by atoms with Crippen LogP contribution < -0.4 is 3.86 Å². The van der Waals surface area contributed by atoms with Crippen LogP contribution in [-0.4, -0.2) is 32.7 Å². The molecule has 0 aromatic carbocycles. The summed E-state index contributed by atoms with van der Waals surface area (Å²) in [6.45, 7) is 0. The second-order valence-electron chi connectivity index (χ2n) is 3.06. The third kappa shape index (κ3) is 412000. The van der Waals surface area contributed by atoms with Gasteiger partial charge in [-0.2, -0.15) is 0 Å². The second kappa shape index (κ2) is 3.98. The van der Waals surface area contributed by atoms with Crippen LogP contribution in [0.3, 0.4) is 0 Å². The maximum absolute atomic E-state index is 8.62. The summed E-state index contributed by atoms with van der Waals surface area (Å²) in [6, 6.07) is 0. The van der Waals surface area contributed by atoms with Gasteiger partial charge in [-0.05, 0) is 0 Å². The molecule has 0 rings (SSSR count). The van der Waals surface area contributed by atoms with Crippen molar-refractivity contribution in [2.75, 3.05) is 28.2 Å². The summed E-state index contributed by atoms with van der Waals surface area (Å²) in [6.07, 6.45) is 0. The normalized spacial score (nSPS) is 11.7. The summed E-state index contributed by atoms with van der Waals surface area (Å²) < 4.78 is 35.5. The quantitative estimate of drug-likeness (QED) is 0.494. The molecule has 10 heavy (non-hydrogen) atoms. The molecule has 0 bridgehead atoms. The Kier molecular flexibility index (Phi) is 5.02. The van der Waals surface area contributed by atoms with E-state index in [1.54, 1.807) is 0 Å². The molecule has 0 saturated heterocycles. The van der Waals surface area contributed by atoms with Crippen molar-refractivity contribution in [1.82, 2.24) is 0 Å². The van der Waals surface area contributed by atoms with Crippen LogP contribution in [0.1, 0.15) is 0 Å². The first-order valence-electron chi connectivity index (χ1n) is 2.41. The Balaban J connectivity index is 0. The van der Waals surface area contributed by atoms with Crippen molar-refractivity contribution in [3.8, 4) is 0 Å². The molecule has 0 aromatic rings. The van der Waals surface area contributed by atoms with E-state index >= 15 is 0 Å². The van der Waals surface area contributed by atoms with Crippen LogP contribution in [0.25, 0.3) is 0 Å².